The molecule has 12 heteroatoms. The minimum absolute atomic E-state index is 0.000279. The molecule has 2 amide bonds. The van der Waals surface area contributed by atoms with Crippen LogP contribution in [0.5, 0.6) is 11.5 Å². The van der Waals surface area contributed by atoms with E-state index in [-0.39, 0.29) is 41.1 Å². The van der Waals surface area contributed by atoms with Crippen LogP contribution in [-0.4, -0.2) is 58.5 Å². The maximum absolute atomic E-state index is 14.3. The minimum atomic E-state index is -4.26. The molecular formula is C32H39Cl2N3O6S. The van der Waals surface area contributed by atoms with E-state index in [2.05, 4.69) is 5.32 Å². The van der Waals surface area contributed by atoms with Crippen LogP contribution in [0.15, 0.2) is 65.6 Å². The van der Waals surface area contributed by atoms with E-state index in [1.165, 1.54) is 43.4 Å². The van der Waals surface area contributed by atoms with Crippen molar-refractivity contribution in [1.29, 1.82) is 0 Å². The number of sulfonamides is 1. The van der Waals surface area contributed by atoms with Crippen LogP contribution in [-0.2, 0) is 26.2 Å². The highest BCUT2D eigenvalue weighted by atomic mass is 35.5. The predicted octanol–water partition coefficient (Wildman–Crippen LogP) is 6.09. The van der Waals surface area contributed by atoms with Crippen LogP contribution in [0.2, 0.25) is 10.0 Å². The van der Waals surface area contributed by atoms with Crippen LogP contribution in [0.25, 0.3) is 0 Å². The molecule has 1 N–H and O–H groups in total. The SMILES string of the molecule is CCC(C(=O)NCC(C)C)N(Cc1ccc(Cl)cc1Cl)C(=O)CN(c1ccc(OC)c(OC)c1)S(=O)(=O)c1ccc(C)cc1. The van der Waals surface area contributed by atoms with Gasteiger partial charge in [-0.1, -0.05) is 67.7 Å². The molecule has 238 valence electrons. The number of nitrogens with zero attached hydrogens (tertiary/aromatic N) is 2. The van der Waals surface area contributed by atoms with Gasteiger partial charge in [-0.25, -0.2) is 8.42 Å². The molecule has 0 aliphatic heterocycles. The Morgan fingerprint density at radius 1 is 0.932 bits per heavy atom. The molecule has 0 saturated carbocycles. The number of aryl methyl sites for hydroxylation is 1. The third-order valence-electron chi connectivity index (χ3n) is 6.97. The fraction of sp³-hybridized carbons (Fsp3) is 0.375. The van der Waals surface area contributed by atoms with E-state index < -0.39 is 28.5 Å². The second-order valence-electron chi connectivity index (χ2n) is 10.7. The van der Waals surface area contributed by atoms with Gasteiger partial charge in [0.2, 0.25) is 11.8 Å². The molecule has 0 aliphatic carbocycles. The van der Waals surface area contributed by atoms with Gasteiger partial charge >= 0.3 is 0 Å². The predicted molar refractivity (Wildman–Crippen MR) is 174 cm³/mol. The van der Waals surface area contributed by atoms with Crippen LogP contribution in [0.1, 0.15) is 38.3 Å². The third-order valence-corrected chi connectivity index (χ3v) is 9.34. The van der Waals surface area contributed by atoms with Gasteiger partial charge < -0.3 is 19.7 Å². The molecule has 1 atom stereocenters. The molecule has 3 aromatic carbocycles. The summed E-state index contributed by atoms with van der Waals surface area (Å²) in [6, 6.07) is 14.9. The number of halogens is 2. The van der Waals surface area contributed by atoms with Crippen LogP contribution in [0.3, 0.4) is 0 Å². The molecule has 0 aliphatic rings. The number of hydrogen-bond acceptors (Lipinski definition) is 6. The summed E-state index contributed by atoms with van der Waals surface area (Å²) in [5, 5.41) is 3.64. The molecule has 0 spiro atoms. The van der Waals surface area contributed by atoms with E-state index in [1.54, 1.807) is 43.3 Å². The van der Waals surface area contributed by atoms with E-state index >= 15 is 0 Å². The van der Waals surface area contributed by atoms with Gasteiger partial charge in [-0.2, -0.15) is 0 Å². The Bertz CT molecular complexity index is 1560. The second-order valence-corrected chi connectivity index (χ2v) is 13.4. The fourth-order valence-electron chi connectivity index (χ4n) is 4.52. The van der Waals surface area contributed by atoms with Crippen molar-refractivity contribution in [2.45, 2.75) is 51.6 Å². The van der Waals surface area contributed by atoms with Gasteiger partial charge in [-0.15, -0.1) is 0 Å². The smallest absolute Gasteiger partial charge is 0.264 e. The van der Waals surface area contributed by atoms with E-state index in [1.807, 2.05) is 20.8 Å². The minimum Gasteiger partial charge on any atom is -0.493 e. The summed E-state index contributed by atoms with van der Waals surface area (Å²) in [5.74, 6) is -0.0914. The standard InChI is InChI=1S/C32H39Cl2N3O6S/c1-7-28(32(39)35-18-21(2)3)36(19-23-10-11-24(33)16-27(23)34)31(38)20-37(25-12-15-29(42-5)30(17-25)43-6)44(40,41)26-13-8-22(4)9-14-26/h8-17,21,28H,7,18-20H2,1-6H3,(H,35,39). The Labute approximate surface area is 270 Å². The summed E-state index contributed by atoms with van der Waals surface area (Å²) in [5.41, 5.74) is 1.61. The molecule has 3 rings (SSSR count). The molecule has 44 heavy (non-hydrogen) atoms. The van der Waals surface area contributed by atoms with Crippen molar-refractivity contribution in [1.82, 2.24) is 10.2 Å². The number of anilines is 1. The zero-order valence-corrected chi connectivity index (χ0v) is 28.1. The number of rotatable bonds is 14. The largest absolute Gasteiger partial charge is 0.493 e. The van der Waals surface area contributed by atoms with Gasteiger partial charge in [0.1, 0.15) is 12.6 Å². The van der Waals surface area contributed by atoms with Crippen LogP contribution >= 0.6 is 23.2 Å². The highest BCUT2D eigenvalue weighted by molar-refractivity contribution is 7.92. The van der Waals surface area contributed by atoms with E-state index in [9.17, 15) is 18.0 Å². The highest BCUT2D eigenvalue weighted by Crippen LogP contribution is 2.34. The van der Waals surface area contributed by atoms with Crippen molar-refractivity contribution in [2.24, 2.45) is 5.92 Å². The van der Waals surface area contributed by atoms with E-state index in [0.717, 1.165) is 9.87 Å². The fourth-order valence-corrected chi connectivity index (χ4v) is 6.40. The number of methoxy groups -OCH3 is 2. The van der Waals surface area contributed by atoms with Crippen molar-refractivity contribution < 1.29 is 27.5 Å². The number of nitrogens with one attached hydrogen (secondary N) is 1. The first kappa shape index (κ1) is 35.0. The molecule has 0 saturated heterocycles. The van der Waals surface area contributed by atoms with Crippen molar-refractivity contribution in [2.75, 3.05) is 31.6 Å². The number of hydrogen-bond donors (Lipinski definition) is 1. The Morgan fingerprint density at radius 2 is 1.59 bits per heavy atom. The van der Waals surface area contributed by atoms with Gasteiger partial charge in [0.25, 0.3) is 10.0 Å². The van der Waals surface area contributed by atoms with Gasteiger partial charge in [0.15, 0.2) is 11.5 Å². The quantitative estimate of drug-likeness (QED) is 0.224. The zero-order valence-electron chi connectivity index (χ0n) is 25.8. The van der Waals surface area contributed by atoms with Crippen molar-refractivity contribution in [3.05, 3.63) is 81.8 Å². The summed E-state index contributed by atoms with van der Waals surface area (Å²) in [6.45, 7) is 7.33. The molecular weight excluding hydrogens is 625 g/mol. The topological polar surface area (TPSA) is 105 Å². The monoisotopic (exact) mass is 663 g/mol. The third kappa shape index (κ3) is 8.58. The normalized spacial score (nSPS) is 12.0. The summed E-state index contributed by atoms with van der Waals surface area (Å²) >= 11 is 12.6. The first-order valence-corrected chi connectivity index (χ1v) is 16.3. The Balaban J connectivity index is 2.13. The molecule has 1 unspecified atom stereocenters. The maximum Gasteiger partial charge on any atom is 0.264 e. The lowest BCUT2D eigenvalue weighted by Crippen LogP contribution is -2.52. The lowest BCUT2D eigenvalue weighted by molar-refractivity contribution is -0.140. The van der Waals surface area contributed by atoms with Gasteiger partial charge in [0.05, 0.1) is 24.8 Å². The van der Waals surface area contributed by atoms with Crippen molar-refractivity contribution in [3.8, 4) is 11.5 Å². The Hall–Kier alpha value is -3.47. The Kier molecular flexibility index (Phi) is 12.3. The second kappa shape index (κ2) is 15.5. The van der Waals surface area contributed by atoms with E-state index in [0.29, 0.717) is 27.9 Å². The van der Waals surface area contributed by atoms with Crippen molar-refractivity contribution >= 4 is 50.7 Å². The zero-order chi connectivity index (χ0) is 32.6. The summed E-state index contributed by atoms with van der Waals surface area (Å²) in [7, 11) is -1.35. The molecule has 0 radical (unpaired) electrons. The van der Waals surface area contributed by atoms with Crippen LogP contribution in [0.4, 0.5) is 5.69 Å². The molecule has 0 fully saturated rings. The average Bonchev–Trinajstić information content (AvgIpc) is 2.99. The maximum atomic E-state index is 14.3. The summed E-state index contributed by atoms with van der Waals surface area (Å²) in [4.78, 5) is 29.0. The molecule has 3 aromatic rings. The van der Waals surface area contributed by atoms with Crippen LogP contribution < -0.4 is 19.1 Å². The van der Waals surface area contributed by atoms with Gasteiger partial charge in [-0.3, -0.25) is 13.9 Å². The molecule has 0 aromatic heterocycles. The lowest BCUT2D eigenvalue weighted by atomic mass is 10.1. The van der Waals surface area contributed by atoms with Crippen molar-refractivity contribution in [3.63, 3.8) is 0 Å². The highest BCUT2D eigenvalue weighted by Gasteiger charge is 2.34. The number of amides is 2. The van der Waals surface area contributed by atoms with Gasteiger partial charge in [-0.05, 0) is 61.2 Å². The van der Waals surface area contributed by atoms with E-state index in [4.69, 9.17) is 32.7 Å². The first-order valence-electron chi connectivity index (χ1n) is 14.1. The number of benzene rings is 3. The summed E-state index contributed by atoms with van der Waals surface area (Å²) in [6.07, 6.45) is 0.280. The van der Waals surface area contributed by atoms with Crippen LogP contribution in [0, 0.1) is 12.8 Å². The molecule has 0 bridgehead atoms. The molecule has 9 nitrogen and oxygen atoms in total. The number of carbonyl (C=O) groups excluding carboxylic acids is 2. The first-order chi connectivity index (χ1) is 20.8. The Morgan fingerprint density at radius 3 is 2.16 bits per heavy atom. The number of carbonyl (C=O) groups is 2. The summed E-state index contributed by atoms with van der Waals surface area (Å²) < 4.78 is 40.0. The van der Waals surface area contributed by atoms with Gasteiger partial charge in [0, 0.05) is 29.2 Å². The lowest BCUT2D eigenvalue weighted by Gasteiger charge is -2.33. The average molecular weight is 665 g/mol. The number of ether oxygens (including phenoxy) is 2. The molecule has 0 heterocycles.